The van der Waals surface area contributed by atoms with Crippen molar-refractivity contribution >= 4 is 22.4 Å². The third-order valence-corrected chi connectivity index (χ3v) is 3.52. The van der Waals surface area contributed by atoms with Crippen LogP contribution >= 0.6 is 12.4 Å². The van der Waals surface area contributed by atoms with Gasteiger partial charge in [-0.05, 0) is 6.92 Å². The van der Waals surface area contributed by atoms with E-state index in [2.05, 4.69) is 9.82 Å². The largest absolute Gasteiger partial charge is 0.408 e. The molecule has 6 nitrogen and oxygen atoms in total. The fourth-order valence-corrected chi connectivity index (χ4v) is 2.34. The Labute approximate surface area is 114 Å². The summed E-state index contributed by atoms with van der Waals surface area (Å²) in [6.45, 7) is 0.280. The molecule has 0 unspecified atom stereocenters. The minimum Gasteiger partial charge on any atom is -0.329 e. The van der Waals surface area contributed by atoms with Crippen LogP contribution in [0.2, 0.25) is 0 Å². The average molecular weight is 323 g/mol. The van der Waals surface area contributed by atoms with Crippen molar-refractivity contribution in [3.63, 3.8) is 0 Å². The first kappa shape index (κ1) is 18.2. The van der Waals surface area contributed by atoms with E-state index in [-0.39, 0.29) is 23.8 Å². The molecule has 0 aromatic carbocycles. The number of hydrogen-bond acceptors (Lipinski definition) is 4. The molecule has 0 amide bonds. The minimum atomic E-state index is -4.45. The van der Waals surface area contributed by atoms with Gasteiger partial charge < -0.3 is 5.73 Å². The predicted molar refractivity (Wildman–Crippen MR) is 64.4 cm³/mol. The van der Waals surface area contributed by atoms with E-state index in [4.69, 9.17) is 5.73 Å². The first-order valence-corrected chi connectivity index (χ1v) is 6.44. The Bertz CT molecular complexity index is 502. The number of rotatable bonds is 5. The molecule has 0 aliphatic carbocycles. The molecule has 19 heavy (non-hydrogen) atoms. The van der Waals surface area contributed by atoms with Gasteiger partial charge in [0, 0.05) is 18.8 Å². The third-order valence-electron chi connectivity index (χ3n) is 1.97. The number of nitrogens with two attached hydrogens (primary N) is 1. The normalized spacial score (nSPS) is 13.9. The summed E-state index contributed by atoms with van der Waals surface area (Å²) in [6.07, 6.45) is -2.78. The van der Waals surface area contributed by atoms with Crippen molar-refractivity contribution in [1.82, 2.24) is 14.5 Å². The lowest BCUT2D eigenvalue weighted by Gasteiger charge is -2.10. The highest BCUT2D eigenvalue weighted by Gasteiger charge is 2.29. The molecule has 3 N–H and O–H groups in total. The molecule has 0 aliphatic rings. The van der Waals surface area contributed by atoms with Crippen LogP contribution in [0.1, 0.15) is 6.92 Å². The van der Waals surface area contributed by atoms with Gasteiger partial charge in [-0.25, -0.2) is 13.1 Å². The van der Waals surface area contributed by atoms with Gasteiger partial charge in [0.25, 0.3) is 0 Å². The smallest absolute Gasteiger partial charge is 0.329 e. The molecule has 0 aliphatic heterocycles. The molecule has 1 aromatic rings. The van der Waals surface area contributed by atoms with Gasteiger partial charge in [-0.3, -0.25) is 4.68 Å². The number of hydrogen-bond donors (Lipinski definition) is 2. The van der Waals surface area contributed by atoms with Crippen molar-refractivity contribution < 1.29 is 21.6 Å². The molecule has 0 radical (unpaired) electrons. The second kappa shape index (κ2) is 6.55. The zero-order valence-electron chi connectivity index (χ0n) is 9.88. The molecular formula is C8H14ClF3N4O2S. The number of nitrogens with zero attached hydrogens (tertiary/aromatic N) is 2. The van der Waals surface area contributed by atoms with Gasteiger partial charge in [-0.15, -0.1) is 12.4 Å². The van der Waals surface area contributed by atoms with Gasteiger partial charge >= 0.3 is 6.18 Å². The van der Waals surface area contributed by atoms with Crippen LogP contribution in [0.4, 0.5) is 13.2 Å². The van der Waals surface area contributed by atoms with Gasteiger partial charge in [-0.2, -0.15) is 18.3 Å². The minimum absolute atomic E-state index is 0. The Hall–Kier alpha value is -0.840. The van der Waals surface area contributed by atoms with E-state index in [0.717, 1.165) is 12.4 Å². The summed E-state index contributed by atoms with van der Waals surface area (Å²) >= 11 is 0. The topological polar surface area (TPSA) is 90.0 Å². The van der Waals surface area contributed by atoms with Gasteiger partial charge in [0.1, 0.15) is 11.4 Å². The summed E-state index contributed by atoms with van der Waals surface area (Å²) in [4.78, 5) is -0.327. The standard InChI is InChI=1S/C8H13F3N4O2S.ClH/c1-6(2-12)14-18(16,17)7-3-13-15(4-7)5-8(9,10)11;/h3-4,6,14H,2,5,12H2,1H3;1H/t6-;/m0./s1. The maximum absolute atomic E-state index is 12.1. The fourth-order valence-electron chi connectivity index (χ4n) is 1.13. The molecule has 1 rings (SSSR count). The predicted octanol–water partition coefficient (Wildman–Crippen LogP) is 0.493. The van der Waals surface area contributed by atoms with E-state index in [1.54, 1.807) is 0 Å². The molecule has 1 atom stereocenters. The van der Waals surface area contributed by atoms with Crippen LogP contribution in [0, 0.1) is 0 Å². The van der Waals surface area contributed by atoms with E-state index >= 15 is 0 Å². The molecule has 0 saturated heterocycles. The molecule has 0 saturated carbocycles. The molecule has 1 aromatic heterocycles. The van der Waals surface area contributed by atoms with Crippen molar-refractivity contribution in [3.8, 4) is 0 Å². The number of alkyl halides is 3. The molecule has 0 spiro atoms. The molecule has 1 heterocycles. The first-order valence-electron chi connectivity index (χ1n) is 4.95. The van der Waals surface area contributed by atoms with Crippen molar-refractivity contribution in [1.29, 1.82) is 0 Å². The second-order valence-corrected chi connectivity index (χ2v) is 5.46. The summed E-state index contributed by atoms with van der Waals surface area (Å²) in [7, 11) is -3.89. The van der Waals surface area contributed by atoms with Crippen molar-refractivity contribution in [2.75, 3.05) is 6.54 Å². The Kier molecular flexibility index (Phi) is 6.26. The zero-order valence-corrected chi connectivity index (χ0v) is 11.5. The molecule has 112 valence electrons. The third kappa shape index (κ3) is 5.76. The van der Waals surface area contributed by atoms with Crippen LogP contribution in [0.15, 0.2) is 17.3 Å². The Morgan fingerprint density at radius 2 is 2.11 bits per heavy atom. The van der Waals surface area contributed by atoms with Crippen molar-refractivity contribution in [2.45, 2.75) is 30.6 Å². The summed E-state index contributed by atoms with van der Waals surface area (Å²) in [6, 6.07) is -0.513. The Morgan fingerprint density at radius 1 is 1.53 bits per heavy atom. The maximum atomic E-state index is 12.1. The van der Waals surface area contributed by atoms with E-state index in [1.807, 2.05) is 0 Å². The second-order valence-electron chi connectivity index (χ2n) is 3.75. The lowest BCUT2D eigenvalue weighted by atomic mass is 10.4. The highest BCUT2D eigenvalue weighted by atomic mass is 35.5. The molecule has 0 fully saturated rings. The monoisotopic (exact) mass is 322 g/mol. The number of nitrogens with one attached hydrogen (secondary N) is 1. The van der Waals surface area contributed by atoms with Gasteiger partial charge in [-0.1, -0.05) is 0 Å². The quantitative estimate of drug-likeness (QED) is 0.825. The van der Waals surface area contributed by atoms with E-state index < -0.39 is 28.8 Å². The van der Waals surface area contributed by atoms with Crippen molar-refractivity contribution in [3.05, 3.63) is 12.4 Å². The summed E-state index contributed by atoms with van der Waals surface area (Å²) in [5, 5.41) is 3.35. The zero-order chi connectivity index (χ0) is 14.0. The van der Waals surface area contributed by atoms with Crippen LogP contribution in [0.3, 0.4) is 0 Å². The summed E-state index contributed by atoms with van der Waals surface area (Å²) < 4.78 is 62.3. The van der Waals surface area contributed by atoms with Gasteiger partial charge in [0.15, 0.2) is 0 Å². The van der Waals surface area contributed by atoms with Gasteiger partial charge in [0.05, 0.1) is 6.20 Å². The number of halogens is 4. The molecular weight excluding hydrogens is 309 g/mol. The lowest BCUT2D eigenvalue weighted by molar-refractivity contribution is -0.142. The van der Waals surface area contributed by atoms with Crippen LogP contribution in [0.25, 0.3) is 0 Å². The lowest BCUT2D eigenvalue weighted by Crippen LogP contribution is -2.37. The highest BCUT2D eigenvalue weighted by Crippen LogP contribution is 2.18. The average Bonchev–Trinajstić information content (AvgIpc) is 2.63. The first-order chi connectivity index (χ1) is 8.14. The van der Waals surface area contributed by atoms with Crippen LogP contribution < -0.4 is 10.5 Å². The Balaban J connectivity index is 0.00000324. The van der Waals surface area contributed by atoms with Crippen LogP contribution in [-0.2, 0) is 16.6 Å². The van der Waals surface area contributed by atoms with Crippen LogP contribution in [-0.4, -0.2) is 37.0 Å². The summed E-state index contributed by atoms with van der Waals surface area (Å²) in [5.74, 6) is 0. The highest BCUT2D eigenvalue weighted by molar-refractivity contribution is 7.89. The molecule has 11 heteroatoms. The number of aromatic nitrogens is 2. The Morgan fingerprint density at radius 3 is 2.58 bits per heavy atom. The fraction of sp³-hybridized carbons (Fsp3) is 0.625. The van der Waals surface area contributed by atoms with Crippen molar-refractivity contribution in [2.24, 2.45) is 5.73 Å². The van der Waals surface area contributed by atoms with Gasteiger partial charge in [0.2, 0.25) is 10.0 Å². The molecule has 0 bridgehead atoms. The summed E-state index contributed by atoms with van der Waals surface area (Å²) in [5.41, 5.74) is 5.25. The van der Waals surface area contributed by atoms with E-state index in [9.17, 15) is 21.6 Å². The number of sulfonamides is 1. The SMILES string of the molecule is C[C@@H](CN)NS(=O)(=O)c1cnn(CC(F)(F)F)c1.Cl. The maximum Gasteiger partial charge on any atom is 0.408 e. The van der Waals surface area contributed by atoms with E-state index in [1.165, 1.54) is 6.92 Å². The van der Waals surface area contributed by atoms with E-state index in [0.29, 0.717) is 4.68 Å². The van der Waals surface area contributed by atoms with Crippen LogP contribution in [0.5, 0.6) is 0 Å².